The normalized spacial score (nSPS) is 29.9. The Balaban J connectivity index is 0.000000263. The van der Waals surface area contributed by atoms with Gasteiger partial charge in [0.15, 0.2) is 0 Å². The summed E-state index contributed by atoms with van der Waals surface area (Å²) in [5, 5.41) is 0. The molecule has 10 heterocycles. The Morgan fingerprint density at radius 3 is 0.909 bits per heavy atom. The van der Waals surface area contributed by atoms with Crippen LogP contribution >= 0.6 is 11.8 Å². The number of thioether (sulfide) groups is 1. The van der Waals surface area contributed by atoms with Gasteiger partial charge in [-0.25, -0.2) is 0 Å². The molecule has 0 aromatic rings. The molecule has 0 saturated carbocycles. The zero-order chi connectivity index (χ0) is 66.7. The molecule has 0 amide bonds. The van der Waals surface area contributed by atoms with Crippen LogP contribution in [0.4, 0.5) is 0 Å². The maximum absolute atomic E-state index is 5.78. The lowest BCUT2D eigenvalue weighted by Gasteiger charge is -2.44. The van der Waals surface area contributed by atoms with Gasteiger partial charge in [-0.15, -0.1) is 0 Å². The summed E-state index contributed by atoms with van der Waals surface area (Å²) in [6.07, 6.45) is 7.09. The van der Waals surface area contributed by atoms with Gasteiger partial charge in [0.25, 0.3) is 0 Å². The molecular weight excluding hydrogens is 1120 g/mol. The molecule has 4 bridgehead atoms. The van der Waals surface area contributed by atoms with E-state index in [2.05, 4.69) is 245 Å². The van der Waals surface area contributed by atoms with Gasteiger partial charge in [-0.3, -0.25) is 39.2 Å². The Bertz CT molecular complexity index is 1730. The number of nitrogens with zero attached hydrogens (tertiary/aromatic N) is 8. The van der Waals surface area contributed by atoms with E-state index in [0.717, 1.165) is 132 Å². The van der Waals surface area contributed by atoms with Crippen LogP contribution in [0.15, 0.2) is 0 Å². The van der Waals surface area contributed by atoms with E-state index in [1.165, 1.54) is 50.3 Å². The molecule has 8 atom stereocenters. The first kappa shape index (κ1) is 82.0. The molecule has 0 N–H and O–H groups in total. The lowest BCUT2D eigenvalue weighted by atomic mass is 10.0. The average Bonchev–Trinajstić information content (AvgIpc) is 3.88. The minimum Gasteiger partial charge on any atom is -0.379 e. The van der Waals surface area contributed by atoms with Crippen LogP contribution in [0.25, 0.3) is 0 Å². The molecule has 10 saturated heterocycles. The van der Waals surface area contributed by atoms with Gasteiger partial charge in [0, 0.05) is 159 Å². The van der Waals surface area contributed by atoms with Crippen molar-refractivity contribution in [3.8, 4) is 0 Å². The van der Waals surface area contributed by atoms with Crippen LogP contribution < -0.4 is 0 Å². The van der Waals surface area contributed by atoms with Crippen molar-refractivity contribution in [3.05, 3.63) is 0 Å². The van der Waals surface area contributed by atoms with Crippen LogP contribution in [0.2, 0.25) is 0 Å². The molecule has 0 radical (unpaired) electrons. The maximum Gasteiger partial charge on any atom is 0.0707 e. The molecule has 10 aliphatic heterocycles. The van der Waals surface area contributed by atoms with Crippen LogP contribution in [-0.4, -0.2) is 288 Å². The standard InChI is InChI=1S/2C10H19NO.4C9H19NO.C8H17NO.C8H17NS/c1-10(2,3)11-8-4-5-9(11)7-12-6-8;1-10(2,3)11-6-8-4-5-9(7-11)12-8;2*1-8-7-11-6-5-10(8)9(2,3)4;2*1-8-7-10(5-6-11-8)9(2,3)4;2*1-8(2,3)9-4-6-10-7-5-9/h2*8-9H,4-7H2,1-3H3;4*8H,5-7H2,1-4H3;2*4-7H2,1-3H3/t;;4*8-;;/m..1010../s1. The summed E-state index contributed by atoms with van der Waals surface area (Å²) in [6.45, 7) is 85.7. The Morgan fingerprint density at radius 2 is 0.648 bits per heavy atom. The molecule has 0 aromatic heterocycles. The number of hydrogen-bond donors (Lipinski definition) is 0. The first-order valence-electron chi connectivity index (χ1n) is 35.2. The average molecular weight is 1270 g/mol. The lowest BCUT2D eigenvalue weighted by molar-refractivity contribution is -0.0668. The number of likely N-dealkylation sites (tertiary alicyclic amines) is 1. The predicted molar refractivity (Wildman–Crippen MR) is 376 cm³/mol. The Hall–Kier alpha value is -0.250. The molecule has 88 heavy (non-hydrogen) atoms. The van der Waals surface area contributed by atoms with E-state index >= 15 is 0 Å². The smallest absolute Gasteiger partial charge is 0.0707 e. The van der Waals surface area contributed by atoms with Gasteiger partial charge >= 0.3 is 0 Å². The first-order chi connectivity index (χ1) is 40.4. The third kappa shape index (κ3) is 30.7. The van der Waals surface area contributed by atoms with E-state index < -0.39 is 0 Å². The van der Waals surface area contributed by atoms with Crippen molar-refractivity contribution >= 4 is 11.8 Å². The Kier molecular flexibility index (Phi) is 34.2. The highest BCUT2D eigenvalue weighted by Crippen LogP contribution is 2.35. The van der Waals surface area contributed by atoms with E-state index in [0.29, 0.717) is 92.9 Å². The fourth-order valence-electron chi connectivity index (χ4n) is 13.7. The molecule has 16 heteroatoms. The SMILES string of the molecule is CC(C)(C)N1C2CCC1COC2.CC(C)(C)N1CC2CCC(C1)O2.CC(C)(C)N1CCOCC1.CC(C)(C)N1CCSCC1.C[C@@H]1CN(C(C)(C)C)CCO1.C[C@@H]1COCCN1C(C)(C)C.C[C@H]1CN(C(C)(C)C)CCO1.C[C@H]1COCCN1C(C)(C)C. The van der Waals surface area contributed by atoms with E-state index in [9.17, 15) is 0 Å². The highest BCUT2D eigenvalue weighted by Gasteiger charge is 2.43. The number of hydrogen-bond acceptors (Lipinski definition) is 16. The number of morpholine rings is 7. The van der Waals surface area contributed by atoms with Crippen molar-refractivity contribution in [1.82, 2.24) is 39.2 Å². The Labute approximate surface area is 550 Å². The lowest BCUT2D eigenvalue weighted by Crippen LogP contribution is -2.54. The number of ether oxygens (including phenoxy) is 7. The third-order valence-electron chi connectivity index (χ3n) is 18.8. The maximum atomic E-state index is 5.78. The molecule has 10 rings (SSSR count). The van der Waals surface area contributed by atoms with Crippen molar-refractivity contribution in [1.29, 1.82) is 0 Å². The molecule has 0 aliphatic carbocycles. The van der Waals surface area contributed by atoms with Crippen LogP contribution in [0.5, 0.6) is 0 Å². The minimum absolute atomic E-state index is 0.295. The molecular formula is C72H148N8O7S. The van der Waals surface area contributed by atoms with Gasteiger partial charge in [-0.2, -0.15) is 11.8 Å². The Morgan fingerprint density at radius 1 is 0.307 bits per heavy atom. The second-order valence-corrected chi connectivity index (χ2v) is 36.0. The number of fused-ring (bicyclic) bond motifs is 4. The molecule has 10 aliphatic rings. The summed E-state index contributed by atoms with van der Waals surface area (Å²) in [6, 6.07) is 2.54. The van der Waals surface area contributed by atoms with Gasteiger partial charge < -0.3 is 33.2 Å². The zero-order valence-electron chi connectivity index (χ0n) is 63.3. The van der Waals surface area contributed by atoms with Crippen molar-refractivity contribution in [2.24, 2.45) is 0 Å². The minimum atomic E-state index is 0.295. The van der Waals surface area contributed by atoms with Crippen molar-refractivity contribution < 1.29 is 33.2 Å². The predicted octanol–water partition coefficient (Wildman–Crippen LogP) is 12.3. The first-order valence-corrected chi connectivity index (χ1v) is 36.4. The molecule has 524 valence electrons. The third-order valence-corrected chi connectivity index (χ3v) is 19.7. The summed E-state index contributed by atoms with van der Waals surface area (Å²) in [5.74, 6) is 2.63. The van der Waals surface area contributed by atoms with Crippen LogP contribution in [0.3, 0.4) is 0 Å². The van der Waals surface area contributed by atoms with Gasteiger partial charge in [0.2, 0.25) is 0 Å². The van der Waals surface area contributed by atoms with Gasteiger partial charge in [0.1, 0.15) is 0 Å². The molecule has 0 spiro atoms. The molecule has 10 fully saturated rings. The zero-order valence-corrected chi connectivity index (χ0v) is 64.1. The fourth-order valence-corrected chi connectivity index (χ4v) is 14.6. The second kappa shape index (κ2) is 36.7. The number of rotatable bonds is 0. The summed E-state index contributed by atoms with van der Waals surface area (Å²) in [4.78, 5) is 20.2. The van der Waals surface area contributed by atoms with Gasteiger partial charge in [-0.1, -0.05) is 0 Å². The largest absolute Gasteiger partial charge is 0.379 e. The monoisotopic (exact) mass is 1270 g/mol. The van der Waals surface area contributed by atoms with Crippen molar-refractivity contribution in [2.75, 3.05) is 156 Å². The van der Waals surface area contributed by atoms with Crippen LogP contribution in [0.1, 0.15) is 220 Å². The van der Waals surface area contributed by atoms with Crippen LogP contribution in [0, 0.1) is 0 Å². The van der Waals surface area contributed by atoms with E-state index in [-0.39, 0.29) is 0 Å². The summed E-state index contributed by atoms with van der Waals surface area (Å²) in [7, 11) is 0. The van der Waals surface area contributed by atoms with E-state index in [4.69, 9.17) is 33.2 Å². The van der Waals surface area contributed by atoms with Gasteiger partial charge in [0.05, 0.1) is 90.5 Å². The molecule has 4 unspecified atom stereocenters. The second-order valence-electron chi connectivity index (χ2n) is 34.7. The van der Waals surface area contributed by atoms with Crippen molar-refractivity contribution in [3.63, 3.8) is 0 Å². The highest BCUT2D eigenvalue weighted by atomic mass is 32.2. The molecule has 0 aromatic carbocycles. The van der Waals surface area contributed by atoms with Crippen LogP contribution in [-0.2, 0) is 33.2 Å². The highest BCUT2D eigenvalue weighted by molar-refractivity contribution is 7.99. The van der Waals surface area contributed by atoms with E-state index in [1.54, 1.807) is 0 Å². The van der Waals surface area contributed by atoms with Crippen molar-refractivity contribution in [2.45, 2.75) is 312 Å². The summed E-state index contributed by atoms with van der Waals surface area (Å²) >= 11 is 2.07. The molecule has 15 nitrogen and oxygen atoms in total. The summed E-state index contributed by atoms with van der Waals surface area (Å²) < 4.78 is 38.2. The van der Waals surface area contributed by atoms with Gasteiger partial charge in [-0.05, 0) is 220 Å². The fraction of sp³-hybridized carbons (Fsp3) is 1.00. The summed E-state index contributed by atoms with van der Waals surface area (Å²) in [5.41, 5.74) is 2.56. The quantitative estimate of drug-likeness (QED) is 0.230. The topological polar surface area (TPSA) is 90.5 Å². The van der Waals surface area contributed by atoms with E-state index in [1.807, 2.05) is 0 Å².